The topological polar surface area (TPSA) is 51.2 Å². The van der Waals surface area contributed by atoms with E-state index in [0.717, 1.165) is 45.5 Å². The van der Waals surface area contributed by atoms with Crippen LogP contribution in [0.25, 0.3) is 22.2 Å². The summed E-state index contributed by atoms with van der Waals surface area (Å²) >= 11 is 0. The van der Waals surface area contributed by atoms with Crippen LogP contribution >= 0.6 is 0 Å². The van der Waals surface area contributed by atoms with Gasteiger partial charge in [0.1, 0.15) is 5.75 Å². The number of carbonyl (C=O) groups is 1. The number of methoxy groups -OCH3 is 1. The molecule has 30 heavy (non-hydrogen) atoms. The van der Waals surface area contributed by atoms with Gasteiger partial charge in [0.05, 0.1) is 23.9 Å². The van der Waals surface area contributed by atoms with Crippen molar-refractivity contribution in [2.45, 2.75) is 13.3 Å². The summed E-state index contributed by atoms with van der Waals surface area (Å²) in [5.41, 5.74) is 5.58. The Morgan fingerprint density at radius 3 is 2.53 bits per heavy atom. The molecule has 4 heteroatoms. The number of amides is 1. The zero-order chi connectivity index (χ0) is 20.9. The first-order valence-corrected chi connectivity index (χ1v) is 10.0. The van der Waals surface area contributed by atoms with Crippen molar-refractivity contribution in [3.05, 3.63) is 95.6 Å². The smallest absolute Gasteiger partial charge is 0.252 e. The molecule has 1 heterocycles. The van der Waals surface area contributed by atoms with E-state index < -0.39 is 0 Å². The first-order valence-electron chi connectivity index (χ1n) is 10.0. The Morgan fingerprint density at radius 2 is 1.77 bits per heavy atom. The van der Waals surface area contributed by atoms with Gasteiger partial charge in [-0.25, -0.2) is 4.98 Å². The summed E-state index contributed by atoms with van der Waals surface area (Å²) in [6.07, 6.45) is 0.753. The van der Waals surface area contributed by atoms with Gasteiger partial charge in [-0.15, -0.1) is 0 Å². The molecule has 0 aliphatic rings. The molecule has 150 valence electrons. The largest absolute Gasteiger partial charge is 0.497 e. The van der Waals surface area contributed by atoms with Crippen LogP contribution in [0.15, 0.2) is 78.9 Å². The maximum absolute atomic E-state index is 13.0. The zero-order valence-electron chi connectivity index (χ0n) is 17.2. The highest BCUT2D eigenvalue weighted by atomic mass is 16.5. The van der Waals surface area contributed by atoms with E-state index in [1.807, 2.05) is 66.7 Å². The number of hydrogen-bond donors (Lipinski definition) is 1. The molecule has 1 aromatic heterocycles. The number of aryl methyl sites for hydroxylation is 1. The van der Waals surface area contributed by atoms with E-state index in [4.69, 9.17) is 9.72 Å². The molecule has 1 amide bonds. The van der Waals surface area contributed by atoms with Gasteiger partial charge in [0.15, 0.2) is 0 Å². The monoisotopic (exact) mass is 396 g/mol. The fourth-order valence-electron chi connectivity index (χ4n) is 3.52. The van der Waals surface area contributed by atoms with Crippen molar-refractivity contribution in [1.29, 1.82) is 0 Å². The van der Waals surface area contributed by atoms with Gasteiger partial charge in [-0.05, 0) is 49.2 Å². The third kappa shape index (κ3) is 4.33. The molecule has 4 rings (SSSR count). The van der Waals surface area contributed by atoms with Crippen molar-refractivity contribution >= 4 is 16.8 Å². The van der Waals surface area contributed by atoms with E-state index in [-0.39, 0.29) is 5.91 Å². The number of ether oxygens (including phenoxy) is 1. The molecular weight excluding hydrogens is 372 g/mol. The maximum atomic E-state index is 13.0. The lowest BCUT2D eigenvalue weighted by Crippen LogP contribution is -2.26. The highest BCUT2D eigenvalue weighted by Gasteiger charge is 2.13. The molecule has 4 nitrogen and oxygen atoms in total. The number of nitrogens with zero attached hydrogens (tertiary/aromatic N) is 1. The number of para-hydroxylation sites is 1. The van der Waals surface area contributed by atoms with Crippen LogP contribution in [0.5, 0.6) is 5.75 Å². The molecule has 0 radical (unpaired) electrons. The molecule has 0 aliphatic carbocycles. The lowest BCUT2D eigenvalue weighted by molar-refractivity contribution is 0.0955. The minimum absolute atomic E-state index is 0.0870. The van der Waals surface area contributed by atoms with Gasteiger partial charge >= 0.3 is 0 Å². The van der Waals surface area contributed by atoms with Gasteiger partial charge in [0.2, 0.25) is 0 Å². The Balaban J connectivity index is 1.57. The molecule has 1 N–H and O–H groups in total. The second-order valence-corrected chi connectivity index (χ2v) is 7.30. The highest BCUT2D eigenvalue weighted by molar-refractivity contribution is 6.07. The Labute approximate surface area is 176 Å². The van der Waals surface area contributed by atoms with Crippen LogP contribution in [0.3, 0.4) is 0 Å². The molecule has 3 aromatic carbocycles. The summed E-state index contributed by atoms with van der Waals surface area (Å²) < 4.78 is 5.19. The van der Waals surface area contributed by atoms with E-state index in [9.17, 15) is 4.79 Å². The SMILES string of the molecule is COc1ccc(CCNC(=O)c2cc(-c3cccc(C)c3)nc3ccccc23)cc1. The van der Waals surface area contributed by atoms with Crippen LogP contribution in [-0.2, 0) is 6.42 Å². The first-order chi connectivity index (χ1) is 14.6. The van der Waals surface area contributed by atoms with Crippen LogP contribution in [0, 0.1) is 6.92 Å². The number of fused-ring (bicyclic) bond motifs is 1. The summed E-state index contributed by atoms with van der Waals surface area (Å²) in [7, 11) is 1.65. The van der Waals surface area contributed by atoms with Gasteiger partial charge in [-0.1, -0.05) is 54.1 Å². The van der Waals surface area contributed by atoms with Crippen molar-refractivity contribution in [2.75, 3.05) is 13.7 Å². The average Bonchev–Trinajstić information content (AvgIpc) is 2.78. The molecule has 0 atom stereocenters. The summed E-state index contributed by atoms with van der Waals surface area (Å²) in [5.74, 6) is 0.741. The molecule has 0 fully saturated rings. The van der Waals surface area contributed by atoms with Crippen molar-refractivity contribution in [1.82, 2.24) is 10.3 Å². The Morgan fingerprint density at radius 1 is 0.967 bits per heavy atom. The lowest BCUT2D eigenvalue weighted by Gasteiger charge is -2.11. The molecule has 0 bridgehead atoms. The van der Waals surface area contributed by atoms with Crippen LogP contribution in [0.1, 0.15) is 21.5 Å². The number of aromatic nitrogens is 1. The van der Waals surface area contributed by atoms with Gasteiger partial charge in [-0.3, -0.25) is 4.79 Å². The molecule has 0 saturated carbocycles. The van der Waals surface area contributed by atoms with E-state index in [0.29, 0.717) is 12.1 Å². The number of nitrogens with one attached hydrogen (secondary N) is 1. The standard InChI is InChI=1S/C26H24N2O2/c1-18-6-5-7-20(16-18)25-17-23(22-8-3-4-9-24(22)28-25)26(29)27-15-14-19-10-12-21(30-2)13-11-19/h3-13,16-17H,14-15H2,1-2H3,(H,27,29). The third-order valence-corrected chi connectivity index (χ3v) is 5.13. The summed E-state index contributed by atoms with van der Waals surface area (Å²) in [6.45, 7) is 2.61. The van der Waals surface area contributed by atoms with Crippen LogP contribution in [-0.4, -0.2) is 24.5 Å². The minimum atomic E-state index is -0.0870. The summed E-state index contributed by atoms with van der Waals surface area (Å²) in [4.78, 5) is 17.8. The van der Waals surface area contributed by atoms with Crippen LogP contribution in [0.4, 0.5) is 0 Å². The summed E-state index contributed by atoms with van der Waals surface area (Å²) in [6, 6.07) is 25.7. The van der Waals surface area contributed by atoms with Crippen molar-refractivity contribution in [3.8, 4) is 17.0 Å². The predicted molar refractivity (Wildman–Crippen MR) is 121 cm³/mol. The number of hydrogen-bond acceptors (Lipinski definition) is 3. The molecule has 0 unspecified atom stereocenters. The van der Waals surface area contributed by atoms with Gasteiger partial charge in [-0.2, -0.15) is 0 Å². The molecule has 0 saturated heterocycles. The summed E-state index contributed by atoms with van der Waals surface area (Å²) in [5, 5.41) is 3.92. The quantitative estimate of drug-likeness (QED) is 0.488. The maximum Gasteiger partial charge on any atom is 0.252 e. The molecule has 0 spiro atoms. The van der Waals surface area contributed by atoms with Crippen LogP contribution < -0.4 is 10.1 Å². The fraction of sp³-hybridized carbons (Fsp3) is 0.154. The van der Waals surface area contributed by atoms with Crippen molar-refractivity contribution in [3.63, 3.8) is 0 Å². The van der Waals surface area contributed by atoms with E-state index in [1.54, 1.807) is 7.11 Å². The number of benzene rings is 3. The van der Waals surface area contributed by atoms with Crippen molar-refractivity contribution < 1.29 is 9.53 Å². The number of rotatable bonds is 6. The number of carbonyl (C=O) groups excluding carboxylic acids is 1. The Kier molecular flexibility index (Phi) is 5.75. The molecular formula is C26H24N2O2. The average molecular weight is 396 g/mol. The number of pyridine rings is 1. The zero-order valence-corrected chi connectivity index (χ0v) is 17.2. The molecule has 4 aromatic rings. The minimum Gasteiger partial charge on any atom is -0.497 e. The second kappa shape index (κ2) is 8.78. The molecule has 0 aliphatic heterocycles. The first kappa shape index (κ1) is 19.6. The van der Waals surface area contributed by atoms with E-state index in [1.165, 1.54) is 0 Å². The Hall–Kier alpha value is -3.66. The van der Waals surface area contributed by atoms with E-state index >= 15 is 0 Å². The second-order valence-electron chi connectivity index (χ2n) is 7.30. The van der Waals surface area contributed by atoms with Gasteiger partial charge in [0.25, 0.3) is 5.91 Å². The van der Waals surface area contributed by atoms with E-state index in [2.05, 4.69) is 24.4 Å². The van der Waals surface area contributed by atoms with Gasteiger partial charge < -0.3 is 10.1 Å². The van der Waals surface area contributed by atoms with Gasteiger partial charge in [0, 0.05) is 17.5 Å². The van der Waals surface area contributed by atoms with Crippen LogP contribution in [0.2, 0.25) is 0 Å². The Bertz CT molecular complexity index is 1180. The third-order valence-electron chi connectivity index (χ3n) is 5.13. The fourth-order valence-corrected chi connectivity index (χ4v) is 3.52. The van der Waals surface area contributed by atoms with Crippen molar-refractivity contribution in [2.24, 2.45) is 0 Å². The predicted octanol–water partition coefficient (Wildman–Crippen LogP) is 5.19. The highest BCUT2D eigenvalue weighted by Crippen LogP contribution is 2.25. The lowest BCUT2D eigenvalue weighted by atomic mass is 10.0. The normalized spacial score (nSPS) is 10.7.